The summed E-state index contributed by atoms with van der Waals surface area (Å²) in [6, 6.07) is 5.16. The monoisotopic (exact) mass is 443 g/mol. The number of aryl methyl sites for hydroxylation is 2. The number of carbonyl (C=O) groups is 2. The average Bonchev–Trinajstić information content (AvgIpc) is 3.26. The fourth-order valence-electron chi connectivity index (χ4n) is 3.61. The number of fused-ring (bicyclic) bond motifs is 1. The van der Waals surface area contributed by atoms with Crippen LogP contribution in [0.5, 0.6) is 0 Å². The molecule has 1 aliphatic rings. The number of amides is 2. The van der Waals surface area contributed by atoms with E-state index in [4.69, 9.17) is 16.0 Å². The summed E-state index contributed by atoms with van der Waals surface area (Å²) in [5, 5.41) is 8.85. The van der Waals surface area contributed by atoms with Gasteiger partial charge in [-0.3, -0.25) is 19.7 Å². The molecular weight excluding hydrogens is 425 g/mol. The van der Waals surface area contributed by atoms with E-state index in [1.165, 1.54) is 0 Å². The minimum absolute atomic E-state index is 0.128. The number of nitrogens with one attached hydrogen (secondary N) is 3. The minimum atomic E-state index is -0.540. The summed E-state index contributed by atoms with van der Waals surface area (Å²) < 4.78 is 5.70. The molecule has 0 spiro atoms. The zero-order valence-corrected chi connectivity index (χ0v) is 18.3. The number of halogens is 1. The highest BCUT2D eigenvalue weighted by Gasteiger charge is 2.34. The summed E-state index contributed by atoms with van der Waals surface area (Å²) in [5.41, 5.74) is 2.07. The predicted molar refractivity (Wildman–Crippen MR) is 118 cm³/mol. The first-order valence-electron chi connectivity index (χ1n) is 9.39. The molecule has 3 N–H and O–H groups in total. The van der Waals surface area contributed by atoms with E-state index in [2.05, 4.69) is 24.8 Å². The summed E-state index contributed by atoms with van der Waals surface area (Å²) in [5.74, 6) is 0.442. The van der Waals surface area contributed by atoms with Gasteiger partial charge in [0.2, 0.25) is 5.43 Å². The van der Waals surface area contributed by atoms with Gasteiger partial charge in [0.05, 0.1) is 38.5 Å². The lowest BCUT2D eigenvalue weighted by atomic mass is 10.0. The molecule has 0 saturated heterocycles. The third-order valence-corrected chi connectivity index (χ3v) is 5.97. The molecule has 1 atom stereocenters. The number of benzene rings is 1. The van der Waals surface area contributed by atoms with Crippen molar-refractivity contribution in [1.82, 2.24) is 5.32 Å². The van der Waals surface area contributed by atoms with Gasteiger partial charge in [-0.25, -0.2) is 0 Å². The molecule has 9 heteroatoms. The molecule has 1 aliphatic heterocycles. The SMILES string of the molecule is CC[C@@H](Nc1c(Nc2c(C)cc(Cl)c3c2C(=O)NC3=O)c(=P)c1=O)c1ccc(C)o1. The van der Waals surface area contributed by atoms with Crippen molar-refractivity contribution in [2.45, 2.75) is 33.2 Å². The summed E-state index contributed by atoms with van der Waals surface area (Å²) >= 11 is 6.18. The van der Waals surface area contributed by atoms with Crippen LogP contribution in [0, 0.1) is 18.8 Å². The van der Waals surface area contributed by atoms with E-state index in [0.717, 1.165) is 11.5 Å². The van der Waals surface area contributed by atoms with E-state index in [9.17, 15) is 14.4 Å². The summed E-state index contributed by atoms with van der Waals surface area (Å²) in [6.45, 7) is 5.61. The first kappa shape index (κ1) is 20.4. The molecule has 0 unspecified atom stereocenters. The second-order valence-corrected chi connectivity index (χ2v) is 8.12. The van der Waals surface area contributed by atoms with Crippen LogP contribution >= 0.6 is 20.5 Å². The first-order chi connectivity index (χ1) is 14.2. The van der Waals surface area contributed by atoms with Crippen LogP contribution in [0.2, 0.25) is 5.02 Å². The molecule has 154 valence electrons. The molecule has 0 aliphatic carbocycles. The van der Waals surface area contributed by atoms with Gasteiger partial charge in [-0.1, -0.05) is 18.5 Å². The van der Waals surface area contributed by atoms with Crippen LogP contribution in [0.3, 0.4) is 0 Å². The molecule has 4 rings (SSSR count). The Morgan fingerprint density at radius 2 is 1.80 bits per heavy atom. The Hall–Kier alpha value is -2.89. The Morgan fingerprint density at radius 3 is 2.43 bits per heavy atom. The van der Waals surface area contributed by atoms with E-state index < -0.39 is 11.8 Å². The number of hydrogen-bond acceptors (Lipinski definition) is 6. The fraction of sp³-hybridized carbons (Fsp3) is 0.238. The number of furan rings is 1. The Morgan fingerprint density at radius 1 is 1.10 bits per heavy atom. The first-order valence-corrected chi connectivity index (χ1v) is 10.3. The second-order valence-electron chi connectivity index (χ2n) is 7.22. The highest BCUT2D eigenvalue weighted by atomic mass is 35.5. The molecule has 2 aromatic carbocycles. The summed E-state index contributed by atoms with van der Waals surface area (Å²) in [4.78, 5) is 37.3. The quantitative estimate of drug-likeness (QED) is 0.378. The zero-order valence-electron chi connectivity index (χ0n) is 16.5. The van der Waals surface area contributed by atoms with Crippen molar-refractivity contribution in [3.05, 3.63) is 66.6 Å². The van der Waals surface area contributed by atoms with Gasteiger partial charge >= 0.3 is 0 Å². The third kappa shape index (κ3) is 3.15. The van der Waals surface area contributed by atoms with Crippen LogP contribution in [0.25, 0.3) is 0 Å². The fourth-order valence-corrected chi connectivity index (χ4v) is 4.26. The maximum absolute atomic E-state index is 12.5. The number of imide groups is 1. The van der Waals surface area contributed by atoms with E-state index in [-0.39, 0.29) is 27.6 Å². The molecule has 3 aromatic rings. The lowest BCUT2D eigenvalue weighted by Crippen LogP contribution is -2.23. The smallest absolute Gasteiger partial charge is 0.261 e. The molecular formula is C21H19ClN3O4P. The lowest BCUT2D eigenvalue weighted by Gasteiger charge is -2.23. The molecule has 2 heterocycles. The third-order valence-electron chi connectivity index (χ3n) is 5.19. The molecule has 30 heavy (non-hydrogen) atoms. The van der Waals surface area contributed by atoms with Crippen molar-refractivity contribution in [2.24, 2.45) is 0 Å². The van der Waals surface area contributed by atoms with E-state index in [0.29, 0.717) is 34.0 Å². The summed E-state index contributed by atoms with van der Waals surface area (Å²) in [6.07, 6.45) is 0.695. The van der Waals surface area contributed by atoms with Crippen LogP contribution in [-0.4, -0.2) is 11.8 Å². The zero-order chi connectivity index (χ0) is 21.7. The Labute approximate surface area is 179 Å². The number of carbonyl (C=O) groups excluding carboxylic acids is 2. The van der Waals surface area contributed by atoms with E-state index in [1.54, 1.807) is 13.0 Å². The van der Waals surface area contributed by atoms with Crippen LogP contribution in [0.1, 0.15) is 57.2 Å². The van der Waals surface area contributed by atoms with Crippen molar-refractivity contribution in [3.63, 3.8) is 0 Å². The highest BCUT2D eigenvalue weighted by molar-refractivity contribution is 7.07. The van der Waals surface area contributed by atoms with Crippen LogP contribution in [-0.2, 0) is 0 Å². The molecule has 0 bridgehead atoms. The molecule has 0 saturated carbocycles. The van der Waals surface area contributed by atoms with Gasteiger partial charge in [0, 0.05) is 0 Å². The highest BCUT2D eigenvalue weighted by Crippen LogP contribution is 2.38. The lowest BCUT2D eigenvalue weighted by molar-refractivity contribution is 0.0880. The van der Waals surface area contributed by atoms with Gasteiger partial charge in [0.1, 0.15) is 17.2 Å². The molecule has 1 aromatic heterocycles. The number of hydrogen-bond donors (Lipinski definition) is 3. The molecule has 2 amide bonds. The van der Waals surface area contributed by atoms with Crippen LogP contribution in [0.15, 0.2) is 27.4 Å². The van der Waals surface area contributed by atoms with E-state index in [1.807, 2.05) is 26.0 Å². The van der Waals surface area contributed by atoms with Crippen molar-refractivity contribution in [3.8, 4) is 0 Å². The minimum Gasteiger partial charge on any atom is -0.464 e. The maximum atomic E-state index is 12.5. The Kier molecular flexibility index (Phi) is 5.04. The van der Waals surface area contributed by atoms with Gasteiger partial charge in [-0.05, 0) is 44.0 Å². The normalized spacial score (nSPS) is 14.0. The van der Waals surface area contributed by atoms with Gasteiger partial charge in [0.25, 0.3) is 11.8 Å². The second kappa shape index (κ2) is 7.42. The van der Waals surface area contributed by atoms with Gasteiger partial charge in [0.15, 0.2) is 0 Å². The van der Waals surface area contributed by atoms with Crippen LogP contribution < -0.4 is 21.4 Å². The molecule has 0 radical (unpaired) electrons. The van der Waals surface area contributed by atoms with Crippen molar-refractivity contribution in [2.75, 3.05) is 10.6 Å². The van der Waals surface area contributed by atoms with Crippen LogP contribution in [0.4, 0.5) is 17.1 Å². The predicted octanol–water partition coefficient (Wildman–Crippen LogP) is 4.65. The largest absolute Gasteiger partial charge is 0.464 e. The maximum Gasteiger partial charge on any atom is 0.261 e. The van der Waals surface area contributed by atoms with Crippen molar-refractivity contribution in [1.29, 1.82) is 0 Å². The molecule has 0 fully saturated rings. The molecule has 7 nitrogen and oxygen atoms in total. The van der Waals surface area contributed by atoms with E-state index >= 15 is 0 Å². The van der Waals surface area contributed by atoms with Gasteiger partial charge in [-0.2, -0.15) is 0 Å². The number of rotatable bonds is 6. The van der Waals surface area contributed by atoms with Gasteiger partial charge in [-0.15, -0.1) is 8.86 Å². The van der Waals surface area contributed by atoms with Crippen molar-refractivity contribution >= 4 is 49.3 Å². The van der Waals surface area contributed by atoms with Gasteiger partial charge < -0.3 is 15.1 Å². The Balaban J connectivity index is 1.73. The average molecular weight is 444 g/mol. The van der Waals surface area contributed by atoms with Crippen molar-refractivity contribution < 1.29 is 14.0 Å². The topological polar surface area (TPSA) is 100 Å². The summed E-state index contributed by atoms with van der Waals surface area (Å²) in [7, 11) is 3.36. The Bertz CT molecular complexity index is 1290. The number of anilines is 3. The standard InChI is InChI=1S/C21H19ClN3O4P/c1-4-11(12-6-5-9(3)29-12)23-16-17(19(30)18(16)26)24-15-8(2)7-10(22)13-14(15)21(28)25-20(13)27/h5-7,11,23-24,30H,4H2,1-3H3,(H,25,27,28)/t11-/m1/s1.